The Bertz CT molecular complexity index is 1390. The molecule has 0 aliphatic heterocycles. The smallest absolute Gasteiger partial charge is 0.266 e. The highest BCUT2D eigenvalue weighted by Gasteiger charge is 2.17. The highest BCUT2D eigenvalue weighted by molar-refractivity contribution is 7.88. The van der Waals surface area contributed by atoms with E-state index in [1.807, 2.05) is 54.8 Å². The second kappa shape index (κ2) is 7.86. The molecule has 0 saturated carbocycles. The van der Waals surface area contributed by atoms with Crippen molar-refractivity contribution in [3.63, 3.8) is 0 Å². The summed E-state index contributed by atoms with van der Waals surface area (Å²) < 4.78 is 31.6. The average Bonchev–Trinajstić information content (AvgIpc) is 3.21. The maximum absolute atomic E-state index is 12.4. The van der Waals surface area contributed by atoms with Crippen LogP contribution in [0.15, 0.2) is 52.6 Å². The third-order valence-corrected chi connectivity index (χ3v) is 6.80. The van der Waals surface area contributed by atoms with E-state index in [2.05, 4.69) is 9.71 Å². The van der Waals surface area contributed by atoms with Crippen molar-refractivity contribution in [2.45, 2.75) is 12.8 Å². The Balaban J connectivity index is 1.83. The van der Waals surface area contributed by atoms with Crippen LogP contribution in [0.2, 0.25) is 0 Å². The molecule has 156 valence electrons. The van der Waals surface area contributed by atoms with Gasteiger partial charge in [-0.15, -0.1) is 11.3 Å². The minimum Gasteiger partial charge on any atom is -0.496 e. The summed E-state index contributed by atoms with van der Waals surface area (Å²) in [5.74, 6) is 0.754. The van der Waals surface area contributed by atoms with E-state index in [0.29, 0.717) is 11.2 Å². The van der Waals surface area contributed by atoms with Crippen molar-refractivity contribution in [2.24, 2.45) is 0 Å². The number of nitrogens with one attached hydrogen (secondary N) is 2. The third-order valence-electron chi connectivity index (χ3n) is 5.20. The summed E-state index contributed by atoms with van der Waals surface area (Å²) in [6.45, 7) is 2.32. The Morgan fingerprint density at radius 1 is 1.13 bits per heavy atom. The van der Waals surface area contributed by atoms with Gasteiger partial charge in [0.15, 0.2) is 0 Å². The van der Waals surface area contributed by atoms with Crippen LogP contribution in [0, 0.1) is 0 Å². The Morgan fingerprint density at radius 2 is 1.87 bits per heavy atom. The molecular formula is C22H22N2O4S2. The summed E-state index contributed by atoms with van der Waals surface area (Å²) >= 11 is 1.42. The standard InChI is InChI=1S/C22H22N2O4S2/c1-13(12-23-30(3,26)27)14-4-6-15(7-5-14)19-18(28-2)9-8-17-20(19)16-10-11-29-21(16)22(25)24-17/h4-11,13,23H,12H2,1-3H3,(H,24,25)/t13-/m0/s1. The largest absolute Gasteiger partial charge is 0.496 e. The van der Waals surface area contributed by atoms with Gasteiger partial charge in [-0.25, -0.2) is 13.1 Å². The van der Waals surface area contributed by atoms with Crippen molar-refractivity contribution in [3.05, 3.63) is 63.8 Å². The summed E-state index contributed by atoms with van der Waals surface area (Å²) in [6.07, 6.45) is 1.16. The van der Waals surface area contributed by atoms with Gasteiger partial charge in [-0.2, -0.15) is 0 Å². The van der Waals surface area contributed by atoms with Crippen LogP contribution in [-0.2, 0) is 10.0 Å². The second-order valence-electron chi connectivity index (χ2n) is 7.33. The zero-order valence-electron chi connectivity index (χ0n) is 16.9. The Kier molecular flexibility index (Phi) is 5.40. The van der Waals surface area contributed by atoms with E-state index in [0.717, 1.165) is 45.0 Å². The number of hydrogen-bond donors (Lipinski definition) is 2. The number of thiophene rings is 1. The molecule has 0 radical (unpaired) electrons. The van der Waals surface area contributed by atoms with Crippen LogP contribution < -0.4 is 15.0 Å². The lowest BCUT2D eigenvalue weighted by Crippen LogP contribution is -2.26. The van der Waals surface area contributed by atoms with Crippen LogP contribution >= 0.6 is 11.3 Å². The molecule has 4 aromatic rings. The van der Waals surface area contributed by atoms with E-state index in [9.17, 15) is 13.2 Å². The van der Waals surface area contributed by atoms with Crippen molar-refractivity contribution < 1.29 is 13.2 Å². The first-order valence-electron chi connectivity index (χ1n) is 9.43. The number of fused-ring (bicyclic) bond motifs is 3. The molecule has 0 fully saturated rings. The number of benzene rings is 2. The number of methoxy groups -OCH3 is 1. The lowest BCUT2D eigenvalue weighted by molar-refractivity contribution is 0.417. The first kappa shape index (κ1) is 20.6. The minimum absolute atomic E-state index is 0.0307. The minimum atomic E-state index is -3.23. The predicted octanol–water partition coefficient (Wildman–Crippen LogP) is 4.07. The summed E-state index contributed by atoms with van der Waals surface area (Å²) in [6, 6.07) is 13.7. The molecule has 0 saturated heterocycles. The van der Waals surface area contributed by atoms with Gasteiger partial charge in [-0.1, -0.05) is 31.2 Å². The molecule has 0 spiro atoms. The summed E-state index contributed by atoms with van der Waals surface area (Å²) in [4.78, 5) is 15.4. The van der Waals surface area contributed by atoms with Gasteiger partial charge in [0.05, 0.1) is 13.4 Å². The zero-order valence-corrected chi connectivity index (χ0v) is 18.5. The molecule has 0 aliphatic rings. The number of H-pyrrole nitrogens is 1. The number of rotatable bonds is 6. The van der Waals surface area contributed by atoms with Crippen LogP contribution in [-0.4, -0.2) is 33.3 Å². The van der Waals surface area contributed by atoms with E-state index < -0.39 is 10.0 Å². The molecule has 0 bridgehead atoms. The van der Waals surface area contributed by atoms with Gasteiger partial charge < -0.3 is 9.72 Å². The molecule has 4 rings (SSSR count). The molecule has 2 heterocycles. The molecule has 8 heteroatoms. The number of pyridine rings is 1. The number of sulfonamides is 1. The van der Waals surface area contributed by atoms with Crippen molar-refractivity contribution in [1.82, 2.24) is 9.71 Å². The molecule has 2 N–H and O–H groups in total. The number of ether oxygens (including phenoxy) is 1. The number of aromatic amines is 1. The maximum atomic E-state index is 12.4. The fourth-order valence-electron chi connectivity index (χ4n) is 3.66. The monoisotopic (exact) mass is 442 g/mol. The zero-order chi connectivity index (χ0) is 21.5. The van der Waals surface area contributed by atoms with Gasteiger partial charge in [-0.05, 0) is 40.6 Å². The van der Waals surface area contributed by atoms with Crippen molar-refractivity contribution in [3.8, 4) is 16.9 Å². The van der Waals surface area contributed by atoms with E-state index in [4.69, 9.17) is 4.74 Å². The third kappa shape index (κ3) is 3.86. The van der Waals surface area contributed by atoms with E-state index in [1.165, 1.54) is 11.3 Å². The molecule has 0 unspecified atom stereocenters. The summed E-state index contributed by atoms with van der Waals surface area (Å²) in [7, 11) is -1.59. The maximum Gasteiger partial charge on any atom is 0.266 e. The quantitative estimate of drug-likeness (QED) is 0.471. The van der Waals surface area contributed by atoms with Crippen LogP contribution in [0.3, 0.4) is 0 Å². The van der Waals surface area contributed by atoms with Crippen molar-refractivity contribution in [2.75, 3.05) is 19.9 Å². The topological polar surface area (TPSA) is 88.3 Å². The van der Waals surface area contributed by atoms with Gasteiger partial charge in [0, 0.05) is 28.4 Å². The lowest BCUT2D eigenvalue weighted by Gasteiger charge is -2.16. The molecule has 6 nitrogen and oxygen atoms in total. The van der Waals surface area contributed by atoms with Gasteiger partial charge >= 0.3 is 0 Å². The van der Waals surface area contributed by atoms with E-state index >= 15 is 0 Å². The average molecular weight is 443 g/mol. The summed E-state index contributed by atoms with van der Waals surface area (Å²) in [5, 5.41) is 3.77. The van der Waals surface area contributed by atoms with E-state index in [-0.39, 0.29) is 11.5 Å². The van der Waals surface area contributed by atoms with Crippen LogP contribution in [0.4, 0.5) is 0 Å². The fraction of sp³-hybridized carbons (Fsp3) is 0.227. The van der Waals surface area contributed by atoms with Gasteiger partial charge in [0.25, 0.3) is 5.56 Å². The van der Waals surface area contributed by atoms with Crippen molar-refractivity contribution >= 4 is 42.3 Å². The predicted molar refractivity (Wildman–Crippen MR) is 123 cm³/mol. The SMILES string of the molecule is COc1ccc2[nH]c(=O)c3sccc3c2c1-c1ccc([C@@H](C)CNS(C)(=O)=O)cc1. The highest BCUT2D eigenvalue weighted by Crippen LogP contribution is 2.40. The summed E-state index contributed by atoms with van der Waals surface area (Å²) in [5.41, 5.74) is 3.58. The molecule has 30 heavy (non-hydrogen) atoms. The van der Waals surface area contributed by atoms with E-state index in [1.54, 1.807) is 7.11 Å². The van der Waals surface area contributed by atoms with Gasteiger partial charge in [0.2, 0.25) is 10.0 Å². The number of aromatic nitrogens is 1. The van der Waals surface area contributed by atoms with Crippen LogP contribution in [0.5, 0.6) is 5.75 Å². The normalized spacial score (nSPS) is 13.0. The molecule has 0 aliphatic carbocycles. The van der Waals surface area contributed by atoms with Gasteiger partial charge in [0.1, 0.15) is 10.4 Å². The molecule has 1 atom stereocenters. The lowest BCUT2D eigenvalue weighted by atomic mass is 9.94. The Labute approximate surface area is 178 Å². The fourth-order valence-corrected chi connectivity index (χ4v) is 5.01. The number of hydrogen-bond acceptors (Lipinski definition) is 5. The molecule has 2 aromatic carbocycles. The van der Waals surface area contributed by atoms with Crippen LogP contribution in [0.25, 0.3) is 32.1 Å². The molecule has 2 aromatic heterocycles. The van der Waals surface area contributed by atoms with Crippen LogP contribution in [0.1, 0.15) is 18.4 Å². The molecule has 0 amide bonds. The van der Waals surface area contributed by atoms with Gasteiger partial charge in [-0.3, -0.25) is 4.79 Å². The Hall–Kier alpha value is -2.68. The molecular weight excluding hydrogens is 420 g/mol. The Morgan fingerprint density at radius 3 is 2.53 bits per heavy atom. The first-order valence-corrected chi connectivity index (χ1v) is 12.2. The first-order chi connectivity index (χ1) is 14.3. The van der Waals surface area contributed by atoms with Crippen molar-refractivity contribution in [1.29, 1.82) is 0 Å². The second-order valence-corrected chi connectivity index (χ2v) is 10.1. The highest BCUT2D eigenvalue weighted by atomic mass is 32.2.